The summed E-state index contributed by atoms with van der Waals surface area (Å²) in [6.07, 6.45) is 6.54. The van der Waals surface area contributed by atoms with Gasteiger partial charge in [0.2, 0.25) is 11.9 Å². The number of hydrogen-bond donors (Lipinski definition) is 3. The quantitative estimate of drug-likeness (QED) is 0.571. The number of imidazole rings is 1. The van der Waals surface area contributed by atoms with Crippen molar-refractivity contribution in [1.82, 2.24) is 19.5 Å². The van der Waals surface area contributed by atoms with Crippen molar-refractivity contribution < 1.29 is 14.2 Å². The maximum absolute atomic E-state index is 14.3. The van der Waals surface area contributed by atoms with Crippen LogP contribution in [-0.4, -0.2) is 50.0 Å². The maximum atomic E-state index is 14.3. The highest BCUT2D eigenvalue weighted by Gasteiger charge is 2.25. The first-order valence-corrected chi connectivity index (χ1v) is 11.0. The number of halogens is 1. The second-order valence-corrected chi connectivity index (χ2v) is 8.31. The van der Waals surface area contributed by atoms with Gasteiger partial charge in [-0.05, 0) is 50.7 Å². The Balaban J connectivity index is 1.49. The van der Waals surface area contributed by atoms with E-state index >= 15 is 0 Å². The van der Waals surface area contributed by atoms with Gasteiger partial charge in [-0.25, -0.2) is 14.4 Å². The van der Waals surface area contributed by atoms with Crippen molar-refractivity contribution >= 4 is 28.7 Å². The van der Waals surface area contributed by atoms with E-state index in [2.05, 4.69) is 25.2 Å². The molecule has 31 heavy (non-hydrogen) atoms. The van der Waals surface area contributed by atoms with Gasteiger partial charge in [-0.1, -0.05) is 12.1 Å². The Morgan fingerprint density at radius 2 is 1.81 bits per heavy atom. The van der Waals surface area contributed by atoms with Crippen LogP contribution in [0.2, 0.25) is 0 Å². The number of nitrogens with zero attached hydrogens (tertiary/aromatic N) is 4. The fourth-order valence-electron chi connectivity index (χ4n) is 4.42. The van der Waals surface area contributed by atoms with Gasteiger partial charge in [0, 0.05) is 25.3 Å². The molecule has 0 unspecified atom stereocenters. The molecule has 1 aliphatic carbocycles. The molecule has 3 aromatic rings. The number of aliphatic hydroxyl groups excluding tert-OH is 1. The van der Waals surface area contributed by atoms with E-state index in [4.69, 9.17) is 9.72 Å². The fraction of sp³-hybridized carbons (Fsp3) is 0.500. The molecule has 2 aliphatic rings. The summed E-state index contributed by atoms with van der Waals surface area (Å²) in [5, 5.41) is 16.3. The van der Waals surface area contributed by atoms with Gasteiger partial charge in [0.05, 0.1) is 18.0 Å². The van der Waals surface area contributed by atoms with Crippen molar-refractivity contribution in [2.24, 2.45) is 0 Å². The zero-order chi connectivity index (χ0) is 21.2. The minimum absolute atomic E-state index is 0.153. The lowest BCUT2D eigenvalue weighted by atomic mass is 9.93. The standard InChI is InChI=1S/C22H27FN6O2/c23-17-3-1-2-4-18(17)26-22-27-19-13-24-21(25-14-5-7-16(30)8-6-14)28-20(19)29(22)15-9-11-31-12-10-15/h1-4,13-16,30H,5-12H2,(H,26,27)(H,24,25,28)/t14-,16+. The maximum Gasteiger partial charge on any atom is 0.224 e. The first-order valence-electron chi connectivity index (χ1n) is 11.0. The molecule has 8 nitrogen and oxygen atoms in total. The minimum atomic E-state index is -0.332. The number of ether oxygens (including phenoxy) is 1. The summed E-state index contributed by atoms with van der Waals surface area (Å²) >= 11 is 0. The molecule has 5 rings (SSSR count). The molecule has 9 heteroatoms. The van der Waals surface area contributed by atoms with Crippen molar-refractivity contribution in [2.75, 3.05) is 23.8 Å². The van der Waals surface area contributed by atoms with Crippen molar-refractivity contribution in [3.05, 3.63) is 36.3 Å². The topological polar surface area (TPSA) is 97.1 Å². The lowest BCUT2D eigenvalue weighted by Crippen LogP contribution is -2.29. The van der Waals surface area contributed by atoms with E-state index in [1.165, 1.54) is 6.07 Å². The average molecular weight is 426 g/mol. The third kappa shape index (κ3) is 4.33. The second kappa shape index (κ2) is 8.76. The summed E-state index contributed by atoms with van der Waals surface area (Å²) < 4.78 is 21.9. The molecule has 1 aliphatic heterocycles. The number of benzene rings is 1. The lowest BCUT2D eigenvalue weighted by Gasteiger charge is -2.27. The van der Waals surface area contributed by atoms with Gasteiger partial charge in [0.1, 0.15) is 11.3 Å². The molecule has 1 saturated heterocycles. The Labute approximate surface area is 179 Å². The number of anilines is 3. The van der Waals surface area contributed by atoms with Crippen molar-refractivity contribution in [1.29, 1.82) is 0 Å². The zero-order valence-electron chi connectivity index (χ0n) is 17.3. The molecule has 2 fully saturated rings. The Morgan fingerprint density at radius 3 is 2.58 bits per heavy atom. The van der Waals surface area contributed by atoms with Crippen LogP contribution in [-0.2, 0) is 4.74 Å². The fourth-order valence-corrected chi connectivity index (χ4v) is 4.42. The second-order valence-electron chi connectivity index (χ2n) is 8.31. The number of para-hydroxylation sites is 1. The summed E-state index contributed by atoms with van der Waals surface area (Å²) in [6.45, 7) is 1.34. The van der Waals surface area contributed by atoms with Gasteiger partial charge in [-0.2, -0.15) is 4.98 Å². The normalized spacial score (nSPS) is 22.5. The van der Waals surface area contributed by atoms with Crippen LogP contribution in [0.5, 0.6) is 0 Å². The molecule has 3 N–H and O–H groups in total. The van der Waals surface area contributed by atoms with Crippen LogP contribution in [0.4, 0.5) is 22.0 Å². The largest absolute Gasteiger partial charge is 0.393 e. The molecule has 3 heterocycles. The van der Waals surface area contributed by atoms with Crippen LogP contribution in [0.25, 0.3) is 11.2 Å². The zero-order valence-corrected chi connectivity index (χ0v) is 17.3. The first kappa shape index (κ1) is 20.1. The van der Waals surface area contributed by atoms with Gasteiger partial charge in [-0.15, -0.1) is 0 Å². The number of aliphatic hydroxyl groups is 1. The highest BCUT2D eigenvalue weighted by Crippen LogP contribution is 2.32. The van der Waals surface area contributed by atoms with Crippen LogP contribution in [0.15, 0.2) is 30.5 Å². The SMILES string of the molecule is O[C@H]1CC[C@@H](Nc2ncc3nc(Nc4ccccc4F)n(C4CCOCC4)c3n2)CC1. The molecule has 0 amide bonds. The molecule has 1 saturated carbocycles. The third-order valence-corrected chi connectivity index (χ3v) is 6.14. The van der Waals surface area contributed by atoms with Crippen LogP contribution in [0, 0.1) is 5.82 Å². The van der Waals surface area contributed by atoms with Gasteiger partial charge in [0.25, 0.3) is 0 Å². The van der Waals surface area contributed by atoms with Crippen molar-refractivity contribution in [3.63, 3.8) is 0 Å². The Bertz CT molecular complexity index is 1040. The minimum Gasteiger partial charge on any atom is -0.393 e. The monoisotopic (exact) mass is 426 g/mol. The highest BCUT2D eigenvalue weighted by atomic mass is 19.1. The van der Waals surface area contributed by atoms with E-state index in [1.54, 1.807) is 24.4 Å². The molecule has 164 valence electrons. The number of rotatable bonds is 5. The summed E-state index contributed by atoms with van der Waals surface area (Å²) in [5.74, 6) is 0.778. The molecule has 0 atom stereocenters. The van der Waals surface area contributed by atoms with Crippen LogP contribution in [0.3, 0.4) is 0 Å². The molecule has 1 aromatic carbocycles. The lowest BCUT2D eigenvalue weighted by molar-refractivity contribution is 0.0710. The number of fused-ring (bicyclic) bond motifs is 1. The molecular weight excluding hydrogens is 399 g/mol. The summed E-state index contributed by atoms with van der Waals surface area (Å²) in [6, 6.07) is 6.97. The molecule has 0 spiro atoms. The van der Waals surface area contributed by atoms with Gasteiger partial charge < -0.3 is 20.5 Å². The Hall–Kier alpha value is -2.78. The molecule has 0 radical (unpaired) electrons. The van der Waals surface area contributed by atoms with Crippen LogP contribution >= 0.6 is 0 Å². The number of aromatic nitrogens is 4. The average Bonchev–Trinajstić information content (AvgIpc) is 3.15. The van der Waals surface area contributed by atoms with Crippen molar-refractivity contribution in [3.8, 4) is 0 Å². The van der Waals surface area contributed by atoms with E-state index in [0.717, 1.165) is 44.2 Å². The van der Waals surface area contributed by atoms with Crippen molar-refractivity contribution in [2.45, 2.75) is 56.7 Å². The van der Waals surface area contributed by atoms with Gasteiger partial charge in [0.15, 0.2) is 5.65 Å². The molecule has 0 bridgehead atoms. The summed E-state index contributed by atoms with van der Waals surface area (Å²) in [7, 11) is 0. The van der Waals surface area contributed by atoms with Gasteiger partial charge >= 0.3 is 0 Å². The molecule has 2 aromatic heterocycles. The first-order chi connectivity index (χ1) is 15.2. The Kier molecular flexibility index (Phi) is 5.69. The van der Waals surface area contributed by atoms with E-state index in [-0.39, 0.29) is 24.0 Å². The van der Waals surface area contributed by atoms with E-state index in [1.807, 2.05) is 0 Å². The van der Waals surface area contributed by atoms with Gasteiger partial charge in [-0.3, -0.25) is 4.57 Å². The van der Waals surface area contributed by atoms with E-state index in [0.29, 0.717) is 36.3 Å². The van der Waals surface area contributed by atoms with Crippen LogP contribution in [0.1, 0.15) is 44.6 Å². The number of hydrogen-bond acceptors (Lipinski definition) is 7. The van der Waals surface area contributed by atoms with E-state index < -0.39 is 0 Å². The highest BCUT2D eigenvalue weighted by molar-refractivity contribution is 5.76. The smallest absolute Gasteiger partial charge is 0.224 e. The predicted octanol–water partition coefficient (Wildman–Crippen LogP) is 3.78. The number of nitrogens with one attached hydrogen (secondary N) is 2. The van der Waals surface area contributed by atoms with E-state index in [9.17, 15) is 9.50 Å². The Morgan fingerprint density at radius 1 is 1.03 bits per heavy atom. The summed E-state index contributed by atoms with van der Waals surface area (Å²) in [4.78, 5) is 13.9. The summed E-state index contributed by atoms with van der Waals surface area (Å²) in [5.41, 5.74) is 1.76. The van der Waals surface area contributed by atoms with Crippen LogP contribution < -0.4 is 10.6 Å². The third-order valence-electron chi connectivity index (χ3n) is 6.14. The predicted molar refractivity (Wildman–Crippen MR) is 116 cm³/mol. The molecular formula is C22H27FN6O2.